The zero-order chi connectivity index (χ0) is 21.5. The summed E-state index contributed by atoms with van der Waals surface area (Å²) in [6, 6.07) is 4.99. The topological polar surface area (TPSA) is 52.1 Å². The molecule has 174 valence electrons. The van der Waals surface area contributed by atoms with Gasteiger partial charge in [-0.2, -0.15) is 0 Å². The number of likely N-dealkylation sites (tertiary alicyclic amines) is 1. The third-order valence-corrected chi connectivity index (χ3v) is 8.59. The molecule has 2 atom stereocenters. The van der Waals surface area contributed by atoms with Gasteiger partial charge in [-0.1, -0.05) is 25.3 Å². The minimum atomic E-state index is 0.254. The van der Waals surface area contributed by atoms with Gasteiger partial charge in [0, 0.05) is 49.7 Å². The SMILES string of the molecule is CN=C(NCC1CCCN(C)C1c1cccs1)NCC1(N2CCOCC2)CCCCC1. The Morgan fingerprint density at radius 3 is 2.68 bits per heavy atom. The van der Waals surface area contributed by atoms with Crippen molar-refractivity contribution >= 4 is 17.3 Å². The second-order valence-electron chi connectivity index (χ2n) is 9.53. The van der Waals surface area contributed by atoms with E-state index in [0.717, 1.165) is 45.4 Å². The molecule has 2 aliphatic heterocycles. The first-order valence-corrected chi connectivity index (χ1v) is 13.1. The standard InChI is InChI=1S/C24H41N5OS/c1-25-23(26-18-20-8-6-12-28(2)22(20)21-9-7-17-31-21)27-19-24(10-4-3-5-11-24)29-13-15-30-16-14-29/h7,9,17,20,22H,3-6,8,10-16,18-19H2,1-2H3,(H2,25,26,27). The molecule has 3 fully saturated rings. The number of morpholine rings is 1. The van der Waals surface area contributed by atoms with Gasteiger partial charge in [-0.05, 0) is 56.6 Å². The Hall–Kier alpha value is -1.15. The molecule has 6 nitrogen and oxygen atoms in total. The predicted octanol–water partition coefficient (Wildman–Crippen LogP) is 3.33. The molecule has 0 radical (unpaired) electrons. The van der Waals surface area contributed by atoms with Crippen molar-refractivity contribution in [1.82, 2.24) is 20.4 Å². The van der Waals surface area contributed by atoms with E-state index in [1.54, 1.807) is 0 Å². The summed E-state index contributed by atoms with van der Waals surface area (Å²) in [5.74, 6) is 1.56. The van der Waals surface area contributed by atoms with Crippen LogP contribution in [0.5, 0.6) is 0 Å². The molecule has 1 aromatic heterocycles. The molecule has 1 aromatic rings. The molecule has 1 aliphatic carbocycles. The van der Waals surface area contributed by atoms with Crippen LogP contribution in [0.4, 0.5) is 0 Å². The number of rotatable bonds is 6. The van der Waals surface area contributed by atoms with Crippen molar-refractivity contribution in [2.45, 2.75) is 56.5 Å². The Labute approximate surface area is 192 Å². The van der Waals surface area contributed by atoms with Crippen LogP contribution in [0.25, 0.3) is 0 Å². The number of aliphatic imine (C=N–C) groups is 1. The number of piperidine rings is 1. The van der Waals surface area contributed by atoms with Crippen molar-refractivity contribution in [2.75, 3.05) is 60.0 Å². The van der Waals surface area contributed by atoms with E-state index in [0.29, 0.717) is 12.0 Å². The quantitative estimate of drug-likeness (QED) is 0.518. The van der Waals surface area contributed by atoms with Crippen LogP contribution < -0.4 is 10.6 Å². The highest BCUT2D eigenvalue weighted by Gasteiger charge is 2.39. The van der Waals surface area contributed by atoms with Gasteiger partial charge < -0.3 is 15.4 Å². The van der Waals surface area contributed by atoms with Crippen LogP contribution in [0.3, 0.4) is 0 Å². The zero-order valence-electron chi connectivity index (χ0n) is 19.4. The summed E-state index contributed by atoms with van der Waals surface area (Å²) >= 11 is 1.89. The molecule has 0 bridgehead atoms. The Morgan fingerprint density at radius 1 is 1.16 bits per heavy atom. The van der Waals surface area contributed by atoms with E-state index in [2.05, 4.69) is 50.0 Å². The molecule has 0 amide bonds. The van der Waals surface area contributed by atoms with E-state index in [1.165, 1.54) is 56.4 Å². The molecular formula is C24H41N5OS. The monoisotopic (exact) mass is 447 g/mol. The van der Waals surface area contributed by atoms with Crippen LogP contribution in [0, 0.1) is 5.92 Å². The van der Waals surface area contributed by atoms with Gasteiger partial charge in [-0.25, -0.2) is 0 Å². The lowest BCUT2D eigenvalue weighted by Crippen LogP contribution is -2.60. The Balaban J connectivity index is 1.35. The lowest BCUT2D eigenvalue weighted by atomic mass is 9.80. The number of nitrogens with zero attached hydrogens (tertiary/aromatic N) is 3. The highest BCUT2D eigenvalue weighted by molar-refractivity contribution is 7.10. The summed E-state index contributed by atoms with van der Waals surface area (Å²) in [7, 11) is 4.18. The second-order valence-corrected chi connectivity index (χ2v) is 10.5. The number of thiophene rings is 1. The molecule has 31 heavy (non-hydrogen) atoms. The van der Waals surface area contributed by atoms with Gasteiger partial charge in [-0.15, -0.1) is 11.3 Å². The Kier molecular flexibility index (Phi) is 8.26. The molecule has 3 heterocycles. The molecule has 2 unspecified atom stereocenters. The summed E-state index contributed by atoms with van der Waals surface area (Å²) in [4.78, 5) is 11.3. The zero-order valence-corrected chi connectivity index (χ0v) is 20.3. The third kappa shape index (κ3) is 5.62. The maximum atomic E-state index is 5.64. The maximum Gasteiger partial charge on any atom is 0.191 e. The van der Waals surface area contributed by atoms with Gasteiger partial charge >= 0.3 is 0 Å². The van der Waals surface area contributed by atoms with E-state index in [4.69, 9.17) is 4.74 Å². The third-order valence-electron chi connectivity index (χ3n) is 7.65. The van der Waals surface area contributed by atoms with E-state index in [9.17, 15) is 0 Å². The van der Waals surface area contributed by atoms with Crippen LogP contribution in [0.15, 0.2) is 22.5 Å². The fourth-order valence-corrected chi connectivity index (χ4v) is 6.91. The van der Waals surface area contributed by atoms with E-state index < -0.39 is 0 Å². The first kappa shape index (κ1) is 23.0. The lowest BCUT2D eigenvalue weighted by molar-refractivity contribution is -0.0352. The summed E-state index contributed by atoms with van der Waals surface area (Å²) in [5.41, 5.74) is 0.254. The number of hydrogen-bond acceptors (Lipinski definition) is 5. The largest absolute Gasteiger partial charge is 0.379 e. The van der Waals surface area contributed by atoms with Gasteiger partial charge in [0.1, 0.15) is 0 Å². The number of guanidine groups is 1. The highest BCUT2D eigenvalue weighted by atomic mass is 32.1. The van der Waals surface area contributed by atoms with Crippen molar-refractivity contribution in [3.63, 3.8) is 0 Å². The van der Waals surface area contributed by atoms with Gasteiger partial charge in [-0.3, -0.25) is 14.8 Å². The average Bonchev–Trinajstić information content (AvgIpc) is 3.35. The number of hydrogen-bond donors (Lipinski definition) is 2. The smallest absolute Gasteiger partial charge is 0.191 e. The molecule has 4 rings (SSSR count). The molecule has 0 aromatic carbocycles. The molecule has 2 saturated heterocycles. The first-order chi connectivity index (χ1) is 15.2. The van der Waals surface area contributed by atoms with Crippen LogP contribution in [0.2, 0.25) is 0 Å². The van der Waals surface area contributed by atoms with Crippen molar-refractivity contribution in [1.29, 1.82) is 0 Å². The van der Waals surface area contributed by atoms with Gasteiger partial charge in [0.15, 0.2) is 5.96 Å². The summed E-state index contributed by atoms with van der Waals surface area (Å²) in [6.45, 7) is 6.99. The van der Waals surface area contributed by atoms with E-state index in [-0.39, 0.29) is 5.54 Å². The number of nitrogens with one attached hydrogen (secondary N) is 2. The fraction of sp³-hybridized carbons (Fsp3) is 0.792. The maximum absolute atomic E-state index is 5.64. The van der Waals surface area contributed by atoms with Crippen LogP contribution in [-0.4, -0.2) is 81.3 Å². The summed E-state index contributed by atoms with van der Waals surface area (Å²) in [6.07, 6.45) is 9.16. The molecule has 7 heteroatoms. The normalized spacial score (nSPS) is 28.4. The van der Waals surface area contributed by atoms with Gasteiger partial charge in [0.25, 0.3) is 0 Å². The Bertz CT molecular complexity index is 682. The van der Waals surface area contributed by atoms with E-state index >= 15 is 0 Å². The van der Waals surface area contributed by atoms with Crippen LogP contribution in [0.1, 0.15) is 55.9 Å². The molecular weight excluding hydrogens is 406 g/mol. The molecule has 3 aliphatic rings. The molecule has 0 spiro atoms. The number of ether oxygens (including phenoxy) is 1. The van der Waals surface area contributed by atoms with E-state index in [1.807, 2.05) is 18.4 Å². The molecule has 2 N–H and O–H groups in total. The molecule has 1 saturated carbocycles. The van der Waals surface area contributed by atoms with Crippen molar-refractivity contribution in [3.8, 4) is 0 Å². The minimum Gasteiger partial charge on any atom is -0.379 e. The summed E-state index contributed by atoms with van der Waals surface area (Å²) in [5, 5.41) is 9.61. The van der Waals surface area contributed by atoms with Crippen LogP contribution >= 0.6 is 11.3 Å². The van der Waals surface area contributed by atoms with Crippen molar-refractivity contribution in [2.24, 2.45) is 10.9 Å². The Morgan fingerprint density at radius 2 is 1.97 bits per heavy atom. The van der Waals surface area contributed by atoms with Gasteiger partial charge in [0.05, 0.1) is 13.2 Å². The fourth-order valence-electron chi connectivity index (χ4n) is 5.93. The average molecular weight is 448 g/mol. The van der Waals surface area contributed by atoms with Gasteiger partial charge in [0.2, 0.25) is 0 Å². The lowest BCUT2D eigenvalue weighted by Gasteiger charge is -2.48. The van der Waals surface area contributed by atoms with Crippen molar-refractivity contribution in [3.05, 3.63) is 22.4 Å². The predicted molar refractivity (Wildman–Crippen MR) is 130 cm³/mol. The first-order valence-electron chi connectivity index (χ1n) is 12.2. The van der Waals surface area contributed by atoms with Crippen LogP contribution in [-0.2, 0) is 4.74 Å². The highest BCUT2D eigenvalue weighted by Crippen LogP contribution is 2.37. The van der Waals surface area contributed by atoms with Crippen molar-refractivity contribution < 1.29 is 4.74 Å². The second kappa shape index (κ2) is 11.1. The minimum absolute atomic E-state index is 0.254. The summed E-state index contributed by atoms with van der Waals surface area (Å²) < 4.78 is 5.64.